The van der Waals surface area contributed by atoms with E-state index in [4.69, 9.17) is 16.3 Å². The van der Waals surface area contributed by atoms with Gasteiger partial charge < -0.3 is 10.1 Å². The number of amides is 1. The molecule has 1 fully saturated rings. The summed E-state index contributed by atoms with van der Waals surface area (Å²) in [6.07, 6.45) is 4.36. The van der Waals surface area contributed by atoms with Crippen LogP contribution in [0.25, 0.3) is 0 Å². The molecule has 0 unspecified atom stereocenters. The summed E-state index contributed by atoms with van der Waals surface area (Å²) in [5, 5.41) is 3.29. The zero-order valence-electron chi connectivity index (χ0n) is 9.46. The number of hydrogen-bond acceptors (Lipinski definition) is 2. The fourth-order valence-electron chi connectivity index (χ4n) is 2.12. The molecule has 1 aliphatic rings. The van der Waals surface area contributed by atoms with Gasteiger partial charge in [-0.1, -0.05) is 0 Å². The zero-order valence-corrected chi connectivity index (χ0v) is 10.2. The van der Waals surface area contributed by atoms with Crippen LogP contribution in [-0.4, -0.2) is 31.0 Å². The van der Waals surface area contributed by atoms with Gasteiger partial charge in [0.15, 0.2) is 0 Å². The molecule has 0 spiro atoms. The van der Waals surface area contributed by atoms with Crippen LogP contribution in [0.15, 0.2) is 0 Å². The van der Waals surface area contributed by atoms with Crippen molar-refractivity contribution in [1.29, 1.82) is 0 Å². The third kappa shape index (κ3) is 4.39. The van der Waals surface area contributed by atoms with E-state index in [9.17, 15) is 4.79 Å². The molecule has 0 radical (unpaired) electrons. The largest absolute Gasteiger partial charge is 0.375 e. The smallest absolute Gasteiger partial charge is 0.246 e. The van der Waals surface area contributed by atoms with Gasteiger partial charge in [-0.2, -0.15) is 0 Å². The molecule has 0 bridgehead atoms. The highest BCUT2D eigenvalue weighted by Gasteiger charge is 2.24. The van der Waals surface area contributed by atoms with Gasteiger partial charge in [0.25, 0.3) is 0 Å². The Morgan fingerprint density at radius 1 is 1.47 bits per heavy atom. The summed E-state index contributed by atoms with van der Waals surface area (Å²) in [6.45, 7) is 2.21. The number of alkyl halides is 1. The van der Waals surface area contributed by atoms with E-state index in [1.807, 2.05) is 0 Å². The van der Waals surface area contributed by atoms with Crippen LogP contribution in [0.5, 0.6) is 0 Å². The van der Waals surface area contributed by atoms with Crippen LogP contribution in [0.2, 0.25) is 0 Å². The lowest BCUT2D eigenvalue weighted by molar-refractivity contribution is -0.125. The van der Waals surface area contributed by atoms with Crippen LogP contribution in [0.3, 0.4) is 0 Å². The number of carbonyl (C=O) groups is 1. The van der Waals surface area contributed by atoms with Crippen molar-refractivity contribution in [2.45, 2.75) is 44.0 Å². The molecule has 4 heteroatoms. The van der Waals surface area contributed by atoms with Gasteiger partial charge in [0.05, 0.1) is 0 Å². The molecule has 1 aliphatic carbocycles. The van der Waals surface area contributed by atoms with Gasteiger partial charge in [-0.3, -0.25) is 4.79 Å². The standard InChI is InChI=1S/C11H20ClNO2/c1-8(13-11(14)7-15-2)9-3-5-10(12)6-4-9/h8-10H,3-7H2,1-2H3,(H,13,14)/t8-,9?,10?/m1/s1. The first-order valence-electron chi connectivity index (χ1n) is 5.56. The SMILES string of the molecule is COCC(=O)N[C@H](C)C1CCC(Cl)CC1. The summed E-state index contributed by atoms with van der Waals surface area (Å²) in [4.78, 5) is 11.3. The monoisotopic (exact) mass is 233 g/mol. The van der Waals surface area contributed by atoms with Crippen LogP contribution in [-0.2, 0) is 9.53 Å². The molecule has 0 aromatic heterocycles. The van der Waals surface area contributed by atoms with E-state index in [-0.39, 0.29) is 18.6 Å². The molecular weight excluding hydrogens is 214 g/mol. The maximum absolute atomic E-state index is 11.3. The molecule has 0 aliphatic heterocycles. The summed E-state index contributed by atoms with van der Waals surface area (Å²) in [5.41, 5.74) is 0. The van der Waals surface area contributed by atoms with Crippen molar-refractivity contribution in [1.82, 2.24) is 5.32 Å². The Bertz CT molecular complexity index is 203. The predicted molar refractivity (Wildman–Crippen MR) is 61.1 cm³/mol. The summed E-state index contributed by atoms with van der Waals surface area (Å²) < 4.78 is 4.78. The van der Waals surface area contributed by atoms with E-state index in [0.717, 1.165) is 25.7 Å². The minimum absolute atomic E-state index is 0.0296. The van der Waals surface area contributed by atoms with Crippen LogP contribution in [0.4, 0.5) is 0 Å². The van der Waals surface area contributed by atoms with Gasteiger partial charge in [0, 0.05) is 18.5 Å². The molecule has 0 heterocycles. The van der Waals surface area contributed by atoms with Gasteiger partial charge in [0.2, 0.25) is 5.91 Å². The Morgan fingerprint density at radius 3 is 2.60 bits per heavy atom. The molecular formula is C11H20ClNO2. The zero-order chi connectivity index (χ0) is 11.3. The summed E-state index contributed by atoms with van der Waals surface area (Å²) in [6, 6.07) is 0.233. The highest BCUT2D eigenvalue weighted by atomic mass is 35.5. The Hall–Kier alpha value is -0.280. The third-order valence-corrected chi connectivity index (χ3v) is 3.51. The van der Waals surface area contributed by atoms with Crippen LogP contribution in [0.1, 0.15) is 32.6 Å². The lowest BCUT2D eigenvalue weighted by Gasteiger charge is -2.30. The minimum atomic E-state index is -0.0296. The number of methoxy groups -OCH3 is 1. The van der Waals surface area contributed by atoms with Gasteiger partial charge in [-0.15, -0.1) is 11.6 Å². The lowest BCUT2D eigenvalue weighted by atomic mass is 9.84. The average molecular weight is 234 g/mol. The van der Waals surface area contributed by atoms with Gasteiger partial charge in [-0.25, -0.2) is 0 Å². The highest BCUT2D eigenvalue weighted by Crippen LogP contribution is 2.29. The van der Waals surface area contributed by atoms with Gasteiger partial charge >= 0.3 is 0 Å². The first-order valence-corrected chi connectivity index (χ1v) is 5.99. The quantitative estimate of drug-likeness (QED) is 0.754. The fourth-order valence-corrected chi connectivity index (χ4v) is 2.38. The van der Waals surface area contributed by atoms with Crippen molar-refractivity contribution in [3.63, 3.8) is 0 Å². The van der Waals surface area contributed by atoms with E-state index < -0.39 is 0 Å². The number of ether oxygens (including phenoxy) is 1. The molecule has 0 aromatic carbocycles. The first kappa shape index (κ1) is 12.8. The Morgan fingerprint density at radius 2 is 2.07 bits per heavy atom. The fraction of sp³-hybridized carbons (Fsp3) is 0.909. The first-order chi connectivity index (χ1) is 7.13. The minimum Gasteiger partial charge on any atom is -0.375 e. The van der Waals surface area contributed by atoms with Crippen LogP contribution >= 0.6 is 11.6 Å². The number of rotatable bonds is 4. The molecule has 0 aromatic rings. The average Bonchev–Trinajstić information content (AvgIpc) is 2.18. The summed E-state index contributed by atoms with van der Waals surface area (Å²) in [5.74, 6) is 0.541. The highest BCUT2D eigenvalue weighted by molar-refractivity contribution is 6.20. The van der Waals surface area contributed by atoms with Gasteiger partial charge in [0.1, 0.15) is 6.61 Å². The third-order valence-electron chi connectivity index (χ3n) is 3.07. The molecule has 88 valence electrons. The van der Waals surface area contributed by atoms with Crippen molar-refractivity contribution in [3.8, 4) is 0 Å². The Balaban J connectivity index is 2.27. The normalized spacial score (nSPS) is 28.5. The van der Waals surface area contributed by atoms with Crippen LogP contribution in [0, 0.1) is 5.92 Å². The molecule has 1 rings (SSSR count). The second kappa shape index (κ2) is 6.33. The summed E-state index contributed by atoms with van der Waals surface area (Å²) >= 11 is 6.03. The van der Waals surface area contributed by atoms with E-state index >= 15 is 0 Å². The second-order valence-electron chi connectivity index (χ2n) is 4.30. The number of nitrogens with one attached hydrogen (secondary N) is 1. The molecule has 3 nitrogen and oxygen atoms in total. The molecule has 1 amide bonds. The molecule has 1 atom stereocenters. The molecule has 1 saturated carbocycles. The summed E-state index contributed by atoms with van der Waals surface area (Å²) in [7, 11) is 1.53. The van der Waals surface area contributed by atoms with Crippen LogP contribution < -0.4 is 5.32 Å². The van der Waals surface area contributed by atoms with Crippen molar-refractivity contribution in [3.05, 3.63) is 0 Å². The van der Waals surface area contributed by atoms with E-state index in [2.05, 4.69) is 12.2 Å². The van der Waals surface area contributed by atoms with Crippen molar-refractivity contribution < 1.29 is 9.53 Å². The maximum atomic E-state index is 11.3. The Labute approximate surface area is 96.5 Å². The van der Waals surface area contributed by atoms with Crippen molar-refractivity contribution in [2.75, 3.05) is 13.7 Å². The second-order valence-corrected chi connectivity index (χ2v) is 4.92. The van der Waals surface area contributed by atoms with E-state index in [1.165, 1.54) is 7.11 Å². The lowest BCUT2D eigenvalue weighted by Crippen LogP contribution is -2.41. The van der Waals surface area contributed by atoms with E-state index in [1.54, 1.807) is 0 Å². The van der Waals surface area contributed by atoms with Gasteiger partial charge in [-0.05, 0) is 38.5 Å². The van der Waals surface area contributed by atoms with Crippen molar-refractivity contribution >= 4 is 17.5 Å². The number of halogens is 1. The van der Waals surface area contributed by atoms with Crippen molar-refractivity contribution in [2.24, 2.45) is 5.92 Å². The Kier molecular flexibility index (Phi) is 5.40. The predicted octanol–water partition coefficient (Wildman–Crippen LogP) is 1.94. The molecule has 15 heavy (non-hydrogen) atoms. The topological polar surface area (TPSA) is 38.3 Å². The number of carbonyl (C=O) groups excluding carboxylic acids is 1. The maximum Gasteiger partial charge on any atom is 0.246 e. The molecule has 1 N–H and O–H groups in total. The van der Waals surface area contributed by atoms with E-state index in [0.29, 0.717) is 11.3 Å². The molecule has 0 saturated heterocycles. The number of hydrogen-bond donors (Lipinski definition) is 1.